The van der Waals surface area contributed by atoms with Gasteiger partial charge in [-0.05, 0) is 0 Å². The zero-order valence-corrected chi connectivity index (χ0v) is 11.6. The number of hydrogen-bond donors (Lipinski definition) is 3. The van der Waals surface area contributed by atoms with Gasteiger partial charge in [-0.2, -0.15) is 37.9 Å². The molecule has 0 aliphatic carbocycles. The van der Waals surface area contributed by atoms with Crippen LogP contribution in [0.1, 0.15) is 0 Å². The van der Waals surface area contributed by atoms with Crippen molar-refractivity contribution < 1.29 is 13.3 Å². The van der Waals surface area contributed by atoms with E-state index >= 15 is 0 Å². The van der Waals surface area contributed by atoms with E-state index in [0.717, 1.165) is 0 Å². The monoisotopic (exact) mass is 260 g/mol. The molecule has 13 heavy (non-hydrogen) atoms. The van der Waals surface area contributed by atoms with Crippen LogP contribution in [0, 0.1) is 0 Å². The summed E-state index contributed by atoms with van der Waals surface area (Å²) in [5, 5.41) is -0.0156. The standard InChI is InChI=1S/C6H16O3S3Si/c1-7-13(8-2,9-3)4-5(10)6(11)12/h5-6,10-12H,4H2,1-3H3. The van der Waals surface area contributed by atoms with Crippen LogP contribution in [-0.4, -0.2) is 40.0 Å². The average Bonchev–Trinajstić information content (AvgIpc) is 2.14. The second kappa shape index (κ2) is 6.60. The van der Waals surface area contributed by atoms with Crippen LogP contribution in [0.4, 0.5) is 0 Å². The van der Waals surface area contributed by atoms with Gasteiger partial charge in [0.15, 0.2) is 0 Å². The third kappa shape index (κ3) is 4.46. The van der Waals surface area contributed by atoms with E-state index in [1.807, 2.05) is 0 Å². The minimum atomic E-state index is -2.52. The predicted octanol–water partition coefficient (Wildman–Crippen LogP) is 1.35. The summed E-state index contributed by atoms with van der Waals surface area (Å²) in [6, 6.07) is 0.595. The third-order valence-corrected chi connectivity index (χ3v) is 6.56. The van der Waals surface area contributed by atoms with Crippen LogP contribution in [0.5, 0.6) is 0 Å². The third-order valence-electron chi connectivity index (χ3n) is 1.74. The highest BCUT2D eigenvalue weighted by Gasteiger charge is 2.40. The number of rotatable bonds is 6. The van der Waals surface area contributed by atoms with Crippen molar-refractivity contribution in [1.29, 1.82) is 0 Å². The molecule has 0 rings (SSSR count). The fourth-order valence-corrected chi connectivity index (χ4v) is 3.89. The first-order chi connectivity index (χ1) is 6.01. The van der Waals surface area contributed by atoms with Crippen molar-refractivity contribution in [3.8, 4) is 0 Å². The summed E-state index contributed by atoms with van der Waals surface area (Å²) in [6.45, 7) is 0. The second-order valence-corrected chi connectivity index (χ2v) is 7.66. The van der Waals surface area contributed by atoms with E-state index in [1.165, 1.54) is 0 Å². The Morgan fingerprint density at radius 1 is 1.00 bits per heavy atom. The summed E-state index contributed by atoms with van der Waals surface area (Å²) in [4.78, 5) is 0. The van der Waals surface area contributed by atoms with Crippen LogP contribution >= 0.6 is 37.9 Å². The smallest absolute Gasteiger partial charge is 0.377 e. The molecule has 1 unspecified atom stereocenters. The van der Waals surface area contributed by atoms with Crippen molar-refractivity contribution in [3.05, 3.63) is 0 Å². The van der Waals surface area contributed by atoms with E-state index in [1.54, 1.807) is 21.3 Å². The molecule has 1 atom stereocenters. The second-order valence-electron chi connectivity index (χ2n) is 2.48. The van der Waals surface area contributed by atoms with Gasteiger partial charge in [0.25, 0.3) is 0 Å². The van der Waals surface area contributed by atoms with Crippen molar-refractivity contribution in [2.24, 2.45) is 0 Å². The van der Waals surface area contributed by atoms with Crippen LogP contribution in [0.15, 0.2) is 0 Å². The lowest BCUT2D eigenvalue weighted by molar-refractivity contribution is 0.124. The van der Waals surface area contributed by atoms with E-state index in [0.29, 0.717) is 6.04 Å². The Morgan fingerprint density at radius 3 is 1.62 bits per heavy atom. The van der Waals surface area contributed by atoms with Crippen molar-refractivity contribution in [3.63, 3.8) is 0 Å². The van der Waals surface area contributed by atoms with Gasteiger partial charge in [-0.25, -0.2) is 0 Å². The minimum Gasteiger partial charge on any atom is -0.377 e. The average molecular weight is 260 g/mol. The molecule has 0 aliphatic heterocycles. The molecule has 80 valence electrons. The zero-order valence-electron chi connectivity index (χ0n) is 7.93. The molecule has 0 saturated carbocycles. The molecular formula is C6H16O3S3Si. The molecule has 0 aromatic carbocycles. The van der Waals surface area contributed by atoms with Gasteiger partial charge in [-0.1, -0.05) is 0 Å². The van der Waals surface area contributed by atoms with Crippen molar-refractivity contribution in [1.82, 2.24) is 0 Å². The van der Waals surface area contributed by atoms with E-state index < -0.39 is 8.80 Å². The molecule has 0 fully saturated rings. The molecule has 0 bridgehead atoms. The largest absolute Gasteiger partial charge is 0.501 e. The van der Waals surface area contributed by atoms with Crippen molar-refractivity contribution in [2.45, 2.75) is 15.9 Å². The molecule has 0 aliphatic rings. The highest BCUT2D eigenvalue weighted by Crippen LogP contribution is 2.24. The van der Waals surface area contributed by atoms with Crippen LogP contribution in [0.25, 0.3) is 0 Å². The van der Waals surface area contributed by atoms with Gasteiger partial charge in [0.1, 0.15) is 0 Å². The Bertz CT molecular complexity index is 135. The maximum atomic E-state index is 5.23. The Labute approximate surface area is 97.1 Å². The summed E-state index contributed by atoms with van der Waals surface area (Å²) in [5.74, 6) is 0. The van der Waals surface area contributed by atoms with Crippen molar-refractivity contribution >= 4 is 46.7 Å². The molecule has 0 aromatic heterocycles. The Hall–Kier alpha value is 1.15. The molecule has 0 N–H and O–H groups in total. The quantitative estimate of drug-likeness (QED) is 0.382. The molecular weight excluding hydrogens is 244 g/mol. The normalized spacial score (nSPS) is 15.0. The fraction of sp³-hybridized carbons (Fsp3) is 1.00. The zero-order chi connectivity index (χ0) is 10.5. The SMILES string of the molecule is CO[Si](CC(S)C(S)S)(OC)OC. The molecule has 0 aromatic rings. The summed E-state index contributed by atoms with van der Waals surface area (Å²) in [7, 11) is 2.21. The molecule has 0 heterocycles. The predicted molar refractivity (Wildman–Crippen MR) is 66.1 cm³/mol. The lowest BCUT2D eigenvalue weighted by Crippen LogP contribution is -2.45. The van der Waals surface area contributed by atoms with E-state index in [2.05, 4.69) is 37.9 Å². The molecule has 0 spiro atoms. The van der Waals surface area contributed by atoms with Crippen LogP contribution in [0.2, 0.25) is 6.04 Å². The minimum absolute atomic E-state index is 0.0156. The van der Waals surface area contributed by atoms with Crippen molar-refractivity contribution in [2.75, 3.05) is 21.3 Å². The highest BCUT2D eigenvalue weighted by molar-refractivity contribution is 8.00. The van der Waals surface area contributed by atoms with Gasteiger partial charge in [0, 0.05) is 32.6 Å². The summed E-state index contributed by atoms with van der Waals surface area (Å²) in [5.41, 5.74) is 0. The molecule has 0 amide bonds. The van der Waals surface area contributed by atoms with Gasteiger partial charge in [0.05, 0.1) is 4.58 Å². The summed E-state index contributed by atoms with van der Waals surface area (Å²) < 4.78 is 15.6. The first-order valence-electron chi connectivity index (χ1n) is 3.71. The summed E-state index contributed by atoms with van der Waals surface area (Å²) in [6.07, 6.45) is 0. The van der Waals surface area contributed by atoms with E-state index in [4.69, 9.17) is 13.3 Å². The van der Waals surface area contributed by atoms with Gasteiger partial charge in [-0.3, -0.25) is 0 Å². The number of thiol groups is 3. The van der Waals surface area contributed by atoms with Gasteiger partial charge >= 0.3 is 8.80 Å². The summed E-state index contributed by atoms with van der Waals surface area (Å²) >= 11 is 12.7. The Kier molecular flexibility index (Phi) is 7.18. The first kappa shape index (κ1) is 14.1. The van der Waals surface area contributed by atoms with Gasteiger partial charge in [-0.15, -0.1) is 0 Å². The van der Waals surface area contributed by atoms with Gasteiger partial charge < -0.3 is 13.3 Å². The maximum absolute atomic E-state index is 5.23. The Balaban J connectivity index is 4.24. The van der Waals surface area contributed by atoms with Crippen LogP contribution in [0.3, 0.4) is 0 Å². The highest BCUT2D eigenvalue weighted by atomic mass is 32.2. The Morgan fingerprint density at radius 2 is 1.38 bits per heavy atom. The first-order valence-corrected chi connectivity index (χ1v) is 7.19. The topological polar surface area (TPSA) is 27.7 Å². The fourth-order valence-electron chi connectivity index (χ4n) is 0.862. The van der Waals surface area contributed by atoms with Crippen LogP contribution in [-0.2, 0) is 13.3 Å². The van der Waals surface area contributed by atoms with Gasteiger partial charge in [0.2, 0.25) is 0 Å². The molecule has 0 saturated heterocycles. The molecule has 3 nitrogen and oxygen atoms in total. The molecule has 0 radical (unpaired) electrons. The van der Waals surface area contributed by atoms with E-state index in [9.17, 15) is 0 Å². The van der Waals surface area contributed by atoms with Crippen LogP contribution < -0.4 is 0 Å². The molecule has 7 heteroatoms. The lowest BCUT2D eigenvalue weighted by atomic mass is 10.5. The van der Waals surface area contributed by atoms with E-state index in [-0.39, 0.29) is 9.83 Å². The number of hydrogen-bond acceptors (Lipinski definition) is 6. The lowest BCUT2D eigenvalue weighted by Gasteiger charge is -2.27. The maximum Gasteiger partial charge on any atom is 0.501 e.